The summed E-state index contributed by atoms with van der Waals surface area (Å²) in [5, 5.41) is 0.646. The van der Waals surface area contributed by atoms with Crippen molar-refractivity contribution in [3.63, 3.8) is 0 Å². The summed E-state index contributed by atoms with van der Waals surface area (Å²) in [4.78, 5) is 15.0. The molecule has 148 valence electrons. The van der Waals surface area contributed by atoms with Crippen LogP contribution in [0.3, 0.4) is 0 Å². The van der Waals surface area contributed by atoms with Gasteiger partial charge in [-0.25, -0.2) is 4.39 Å². The van der Waals surface area contributed by atoms with Gasteiger partial charge in [0.15, 0.2) is 0 Å². The summed E-state index contributed by atoms with van der Waals surface area (Å²) in [6.07, 6.45) is 1.03. The zero-order valence-corrected chi connectivity index (χ0v) is 16.6. The highest BCUT2D eigenvalue weighted by Gasteiger charge is 2.31. The predicted molar refractivity (Wildman–Crippen MR) is 112 cm³/mol. The first kappa shape index (κ1) is 19.5. The molecule has 29 heavy (non-hydrogen) atoms. The Kier molecular flexibility index (Phi) is 5.81. The average Bonchev–Trinajstić information content (AvgIpc) is 2.73. The van der Waals surface area contributed by atoms with E-state index in [2.05, 4.69) is 12.1 Å². The summed E-state index contributed by atoms with van der Waals surface area (Å²) < 4.78 is 18.9. The summed E-state index contributed by atoms with van der Waals surface area (Å²) >= 11 is 6.23. The number of fused-ring (bicyclic) bond motifs is 1. The van der Waals surface area contributed by atoms with Gasteiger partial charge in [0.1, 0.15) is 11.6 Å². The molecule has 3 aromatic rings. The zero-order valence-electron chi connectivity index (χ0n) is 15.9. The number of nitrogens with zero attached hydrogens (tertiary/aromatic N) is 1. The third kappa shape index (κ3) is 4.43. The standard InChI is InChI=1S/C24H21ClFNO2/c25-19-7-3-6-18(15-19)24-22-10-2-1-5-17(22)11-13-27(24)23(28)12-14-29-21-9-4-8-20(26)16-21/h1-10,15-16,24H,11-14H2. The molecule has 3 nitrogen and oxygen atoms in total. The highest BCUT2D eigenvalue weighted by molar-refractivity contribution is 6.30. The van der Waals surface area contributed by atoms with Crippen LogP contribution < -0.4 is 4.74 Å². The van der Waals surface area contributed by atoms with Gasteiger partial charge in [-0.2, -0.15) is 0 Å². The van der Waals surface area contributed by atoms with Crippen LogP contribution in [0.1, 0.15) is 29.2 Å². The van der Waals surface area contributed by atoms with Crippen molar-refractivity contribution < 1.29 is 13.9 Å². The molecule has 0 aromatic heterocycles. The van der Waals surface area contributed by atoms with Gasteiger partial charge in [-0.15, -0.1) is 0 Å². The van der Waals surface area contributed by atoms with E-state index in [1.807, 2.05) is 41.3 Å². The molecule has 1 heterocycles. The lowest BCUT2D eigenvalue weighted by Gasteiger charge is -2.38. The lowest BCUT2D eigenvalue weighted by molar-refractivity contribution is -0.133. The number of halogens is 2. The Labute approximate surface area is 174 Å². The smallest absolute Gasteiger partial charge is 0.226 e. The number of carbonyl (C=O) groups is 1. The molecule has 1 atom stereocenters. The number of hydrogen-bond acceptors (Lipinski definition) is 2. The first-order chi connectivity index (χ1) is 14.1. The van der Waals surface area contributed by atoms with Gasteiger partial charge in [-0.1, -0.05) is 54.1 Å². The molecule has 0 N–H and O–H groups in total. The summed E-state index contributed by atoms with van der Waals surface area (Å²) in [7, 11) is 0. The molecule has 0 spiro atoms. The van der Waals surface area contributed by atoms with Crippen LogP contribution in [0.4, 0.5) is 4.39 Å². The van der Waals surface area contributed by atoms with Gasteiger partial charge in [0.25, 0.3) is 0 Å². The molecule has 0 saturated carbocycles. The van der Waals surface area contributed by atoms with Crippen molar-refractivity contribution in [3.05, 3.63) is 100 Å². The lowest BCUT2D eigenvalue weighted by atomic mass is 9.88. The minimum Gasteiger partial charge on any atom is -0.493 e. The van der Waals surface area contributed by atoms with E-state index in [-0.39, 0.29) is 30.8 Å². The minimum atomic E-state index is -0.359. The Hall–Kier alpha value is -2.85. The fourth-order valence-corrected chi connectivity index (χ4v) is 4.03. The van der Waals surface area contributed by atoms with Crippen molar-refractivity contribution >= 4 is 17.5 Å². The Morgan fingerprint density at radius 1 is 1.07 bits per heavy atom. The van der Waals surface area contributed by atoms with Gasteiger partial charge in [-0.05, 0) is 47.4 Å². The number of ether oxygens (including phenoxy) is 1. The van der Waals surface area contributed by atoms with Crippen LogP contribution in [-0.4, -0.2) is 24.0 Å². The minimum absolute atomic E-state index is 0.000816. The van der Waals surface area contributed by atoms with Crippen molar-refractivity contribution in [2.24, 2.45) is 0 Å². The van der Waals surface area contributed by atoms with Gasteiger partial charge >= 0.3 is 0 Å². The van der Waals surface area contributed by atoms with Crippen LogP contribution in [0.5, 0.6) is 5.75 Å². The molecule has 1 aliphatic heterocycles. The normalized spacial score (nSPS) is 15.7. The van der Waals surface area contributed by atoms with Crippen LogP contribution in [0.15, 0.2) is 72.8 Å². The first-order valence-electron chi connectivity index (χ1n) is 9.63. The maximum atomic E-state index is 13.3. The van der Waals surface area contributed by atoms with Crippen molar-refractivity contribution in [3.8, 4) is 5.75 Å². The molecular weight excluding hydrogens is 389 g/mol. The first-order valence-corrected chi connectivity index (χ1v) is 10.0. The molecule has 1 aliphatic rings. The van der Waals surface area contributed by atoms with Gasteiger partial charge in [-0.3, -0.25) is 4.79 Å². The van der Waals surface area contributed by atoms with Crippen LogP contribution in [0.25, 0.3) is 0 Å². The van der Waals surface area contributed by atoms with E-state index < -0.39 is 0 Å². The third-order valence-electron chi connectivity index (χ3n) is 5.15. The molecule has 0 radical (unpaired) electrons. The van der Waals surface area contributed by atoms with Crippen molar-refractivity contribution in [1.29, 1.82) is 0 Å². The molecular formula is C24H21ClFNO2. The molecule has 1 amide bonds. The Morgan fingerprint density at radius 2 is 1.90 bits per heavy atom. The Bertz CT molecular complexity index is 1020. The molecule has 0 fully saturated rings. The lowest BCUT2D eigenvalue weighted by Crippen LogP contribution is -2.41. The van der Waals surface area contributed by atoms with E-state index in [0.29, 0.717) is 17.3 Å². The average molecular weight is 410 g/mol. The van der Waals surface area contributed by atoms with Gasteiger partial charge in [0.05, 0.1) is 19.1 Å². The van der Waals surface area contributed by atoms with E-state index in [4.69, 9.17) is 16.3 Å². The molecule has 0 aliphatic carbocycles. The number of benzene rings is 3. The van der Waals surface area contributed by atoms with Crippen LogP contribution in [-0.2, 0) is 11.2 Å². The third-order valence-corrected chi connectivity index (χ3v) is 5.38. The highest BCUT2D eigenvalue weighted by Crippen LogP contribution is 2.36. The maximum absolute atomic E-state index is 13.3. The van der Waals surface area contributed by atoms with E-state index in [0.717, 1.165) is 17.5 Å². The fourth-order valence-electron chi connectivity index (χ4n) is 3.83. The summed E-state index contributed by atoms with van der Waals surface area (Å²) in [6, 6.07) is 21.6. The van der Waals surface area contributed by atoms with Gasteiger partial charge in [0, 0.05) is 17.6 Å². The molecule has 4 rings (SSSR count). The SMILES string of the molecule is O=C(CCOc1cccc(F)c1)N1CCc2ccccc2C1c1cccc(Cl)c1. The summed E-state index contributed by atoms with van der Waals surface area (Å²) in [5.41, 5.74) is 3.36. The van der Waals surface area contributed by atoms with Crippen LogP contribution in [0, 0.1) is 5.82 Å². The molecule has 5 heteroatoms. The summed E-state index contributed by atoms with van der Waals surface area (Å²) in [6.45, 7) is 0.829. The molecule has 0 bridgehead atoms. The molecule has 0 saturated heterocycles. The predicted octanol–water partition coefficient (Wildman–Crippen LogP) is 5.42. The fraction of sp³-hybridized carbons (Fsp3) is 0.208. The van der Waals surface area contributed by atoms with E-state index >= 15 is 0 Å². The number of rotatable bonds is 5. The van der Waals surface area contributed by atoms with Gasteiger partial charge < -0.3 is 9.64 Å². The van der Waals surface area contributed by atoms with E-state index in [9.17, 15) is 9.18 Å². The quantitative estimate of drug-likeness (QED) is 0.563. The van der Waals surface area contributed by atoms with Crippen molar-refractivity contribution in [1.82, 2.24) is 4.90 Å². The van der Waals surface area contributed by atoms with Crippen LogP contribution in [0.2, 0.25) is 5.02 Å². The van der Waals surface area contributed by atoms with Crippen molar-refractivity contribution in [2.45, 2.75) is 18.9 Å². The second kappa shape index (κ2) is 8.66. The summed E-state index contributed by atoms with van der Waals surface area (Å²) in [5.74, 6) is 0.0662. The Morgan fingerprint density at radius 3 is 2.72 bits per heavy atom. The molecule has 3 aromatic carbocycles. The second-order valence-corrected chi connectivity index (χ2v) is 7.49. The highest BCUT2D eigenvalue weighted by atomic mass is 35.5. The number of hydrogen-bond donors (Lipinski definition) is 0. The largest absolute Gasteiger partial charge is 0.493 e. The topological polar surface area (TPSA) is 29.5 Å². The molecule has 1 unspecified atom stereocenters. The van der Waals surface area contributed by atoms with Gasteiger partial charge in [0.2, 0.25) is 5.91 Å². The van der Waals surface area contributed by atoms with Crippen LogP contribution >= 0.6 is 11.6 Å². The maximum Gasteiger partial charge on any atom is 0.226 e. The Balaban J connectivity index is 1.54. The monoisotopic (exact) mass is 409 g/mol. The van der Waals surface area contributed by atoms with E-state index in [1.54, 1.807) is 12.1 Å². The van der Waals surface area contributed by atoms with E-state index in [1.165, 1.54) is 17.7 Å². The zero-order chi connectivity index (χ0) is 20.2. The van der Waals surface area contributed by atoms with Crippen molar-refractivity contribution in [2.75, 3.05) is 13.2 Å². The second-order valence-electron chi connectivity index (χ2n) is 7.05. The number of carbonyl (C=O) groups excluding carboxylic acids is 1. The number of amides is 1.